The number of hydrogen-bond donors (Lipinski definition) is 2. The first-order valence-electron chi connectivity index (χ1n) is 6.09. The third-order valence-corrected chi connectivity index (χ3v) is 2.89. The van der Waals surface area contributed by atoms with Gasteiger partial charge >= 0.3 is 6.09 Å². The van der Waals surface area contributed by atoms with Crippen LogP contribution >= 0.6 is 0 Å². The monoisotopic (exact) mass is 237 g/mol. The minimum absolute atomic E-state index is 0.155. The van der Waals surface area contributed by atoms with E-state index in [1.54, 1.807) is 0 Å². The first-order chi connectivity index (χ1) is 8.15. The van der Waals surface area contributed by atoms with Crippen LogP contribution in [-0.4, -0.2) is 28.9 Å². The van der Waals surface area contributed by atoms with E-state index in [0.717, 1.165) is 25.0 Å². The number of H-pyrrole nitrogens is 1. The van der Waals surface area contributed by atoms with Gasteiger partial charge in [0.1, 0.15) is 0 Å². The highest BCUT2D eigenvalue weighted by Crippen LogP contribution is 2.18. The Morgan fingerprint density at radius 3 is 3.29 bits per heavy atom. The Bertz CT molecular complexity index is 387. The lowest BCUT2D eigenvalue weighted by atomic mass is 9.94. The van der Waals surface area contributed by atoms with E-state index in [2.05, 4.69) is 15.5 Å². The summed E-state index contributed by atoms with van der Waals surface area (Å²) in [6.45, 7) is 4.50. The number of aromatic amines is 1. The van der Waals surface area contributed by atoms with Crippen LogP contribution in [0.4, 0.5) is 4.79 Å². The second kappa shape index (κ2) is 5.21. The first-order valence-corrected chi connectivity index (χ1v) is 6.09. The lowest BCUT2D eigenvalue weighted by Crippen LogP contribution is -2.39. The third kappa shape index (κ3) is 3.22. The number of ether oxygens (including phenoxy) is 1. The molecule has 0 fully saturated rings. The molecule has 1 heterocycles. The number of nitrogens with zero attached hydrogens (tertiary/aromatic N) is 1. The molecule has 2 rings (SSSR count). The van der Waals surface area contributed by atoms with Crippen molar-refractivity contribution in [3.8, 4) is 0 Å². The molecule has 1 atom stereocenters. The van der Waals surface area contributed by atoms with Gasteiger partial charge in [0.2, 0.25) is 0 Å². The fourth-order valence-electron chi connectivity index (χ4n) is 1.98. The van der Waals surface area contributed by atoms with Gasteiger partial charge < -0.3 is 10.1 Å². The first kappa shape index (κ1) is 12.0. The molecule has 94 valence electrons. The predicted molar refractivity (Wildman–Crippen MR) is 63.7 cm³/mol. The van der Waals surface area contributed by atoms with Crippen molar-refractivity contribution in [1.82, 2.24) is 15.5 Å². The molecule has 1 unspecified atom stereocenters. The van der Waals surface area contributed by atoms with Crippen LogP contribution in [0, 0.1) is 5.92 Å². The fraction of sp³-hybridized carbons (Fsp3) is 0.667. The zero-order valence-corrected chi connectivity index (χ0v) is 10.3. The van der Waals surface area contributed by atoms with Crippen molar-refractivity contribution in [1.29, 1.82) is 0 Å². The lowest BCUT2D eigenvalue weighted by molar-refractivity contribution is 0.128. The van der Waals surface area contributed by atoms with E-state index < -0.39 is 0 Å². The molecular weight excluding hydrogens is 218 g/mol. The molecule has 0 saturated heterocycles. The number of carbonyl (C=O) groups excluding carboxylic acids is 1. The highest BCUT2D eigenvalue weighted by Gasteiger charge is 2.21. The summed E-state index contributed by atoms with van der Waals surface area (Å²) in [5.74, 6) is 0.367. The van der Waals surface area contributed by atoms with Crippen molar-refractivity contribution in [3.05, 3.63) is 17.5 Å². The minimum Gasteiger partial charge on any atom is -0.449 e. The van der Waals surface area contributed by atoms with Crippen molar-refractivity contribution < 1.29 is 9.53 Å². The number of carbonyl (C=O) groups is 1. The lowest BCUT2D eigenvalue weighted by Gasteiger charge is -2.22. The summed E-state index contributed by atoms with van der Waals surface area (Å²) < 4.78 is 5.10. The van der Waals surface area contributed by atoms with Crippen molar-refractivity contribution in [2.75, 3.05) is 6.61 Å². The predicted octanol–water partition coefficient (Wildman–Crippen LogP) is 1.65. The van der Waals surface area contributed by atoms with E-state index in [4.69, 9.17) is 4.74 Å². The zero-order chi connectivity index (χ0) is 12.3. The highest BCUT2D eigenvalue weighted by atomic mass is 16.5. The number of nitrogens with one attached hydrogen (secondary N) is 2. The van der Waals surface area contributed by atoms with Crippen LogP contribution in [0.1, 0.15) is 31.5 Å². The summed E-state index contributed by atoms with van der Waals surface area (Å²) in [5.41, 5.74) is 2.39. The third-order valence-electron chi connectivity index (χ3n) is 2.89. The van der Waals surface area contributed by atoms with Crippen molar-refractivity contribution in [2.45, 2.75) is 39.2 Å². The largest absolute Gasteiger partial charge is 0.449 e. The highest BCUT2D eigenvalue weighted by molar-refractivity contribution is 5.67. The molecule has 1 aromatic heterocycles. The quantitative estimate of drug-likeness (QED) is 0.840. The van der Waals surface area contributed by atoms with Crippen LogP contribution in [0.5, 0.6) is 0 Å². The standard InChI is InChI=1S/C12H19N3O2/c1-8(2)7-17-12(16)14-10-4-3-9-6-13-15-11(9)5-10/h6,8,10H,3-5,7H2,1-2H3,(H,13,15)(H,14,16). The number of aryl methyl sites for hydroxylation is 1. The molecule has 1 aliphatic carbocycles. The Kier molecular flexibility index (Phi) is 3.66. The summed E-state index contributed by atoms with van der Waals surface area (Å²) in [6, 6.07) is 0.155. The summed E-state index contributed by atoms with van der Waals surface area (Å²) in [4.78, 5) is 11.5. The maximum absolute atomic E-state index is 11.5. The van der Waals surface area contributed by atoms with Gasteiger partial charge in [0.05, 0.1) is 12.8 Å². The normalized spacial score (nSPS) is 18.9. The van der Waals surface area contributed by atoms with Gasteiger partial charge in [-0.3, -0.25) is 5.10 Å². The second-order valence-electron chi connectivity index (χ2n) is 4.95. The van der Waals surface area contributed by atoms with Gasteiger partial charge in [0.15, 0.2) is 0 Å². The SMILES string of the molecule is CC(C)COC(=O)NC1CCc2cn[nH]c2C1. The van der Waals surface area contributed by atoms with Gasteiger partial charge in [0, 0.05) is 18.2 Å². The van der Waals surface area contributed by atoms with Gasteiger partial charge in [-0.2, -0.15) is 5.10 Å². The molecule has 5 heteroatoms. The average Bonchev–Trinajstić information content (AvgIpc) is 2.73. The molecule has 0 saturated carbocycles. The minimum atomic E-state index is -0.313. The Hall–Kier alpha value is -1.52. The second-order valence-corrected chi connectivity index (χ2v) is 4.95. The number of alkyl carbamates (subject to hydrolysis) is 1. The summed E-state index contributed by atoms with van der Waals surface area (Å²) in [7, 11) is 0. The van der Waals surface area contributed by atoms with Gasteiger partial charge in [-0.05, 0) is 24.3 Å². The summed E-state index contributed by atoms with van der Waals surface area (Å²) in [5, 5.41) is 9.87. The smallest absolute Gasteiger partial charge is 0.407 e. The van der Waals surface area contributed by atoms with Gasteiger partial charge in [0.25, 0.3) is 0 Å². The van der Waals surface area contributed by atoms with Gasteiger partial charge in [-0.1, -0.05) is 13.8 Å². The zero-order valence-electron chi connectivity index (χ0n) is 10.3. The van der Waals surface area contributed by atoms with Crippen LogP contribution < -0.4 is 5.32 Å². The van der Waals surface area contributed by atoms with Crippen LogP contribution in [0.15, 0.2) is 6.20 Å². The Balaban J connectivity index is 1.79. The topological polar surface area (TPSA) is 67.0 Å². The summed E-state index contributed by atoms with van der Waals surface area (Å²) >= 11 is 0. The van der Waals surface area contributed by atoms with Crippen LogP contribution in [0.3, 0.4) is 0 Å². The molecule has 1 aliphatic rings. The van der Waals surface area contributed by atoms with Crippen LogP contribution in [0.25, 0.3) is 0 Å². The van der Waals surface area contributed by atoms with Crippen molar-refractivity contribution in [2.24, 2.45) is 5.92 Å². The maximum Gasteiger partial charge on any atom is 0.407 e. The molecule has 0 aliphatic heterocycles. The molecule has 0 spiro atoms. The van der Waals surface area contributed by atoms with E-state index in [-0.39, 0.29) is 12.1 Å². The number of fused-ring (bicyclic) bond motifs is 1. The molecular formula is C12H19N3O2. The fourth-order valence-corrected chi connectivity index (χ4v) is 1.98. The molecule has 1 amide bonds. The van der Waals surface area contributed by atoms with Gasteiger partial charge in [-0.25, -0.2) is 4.79 Å². The number of aromatic nitrogens is 2. The molecule has 17 heavy (non-hydrogen) atoms. The van der Waals surface area contributed by atoms with E-state index >= 15 is 0 Å². The van der Waals surface area contributed by atoms with E-state index in [0.29, 0.717) is 12.5 Å². The van der Waals surface area contributed by atoms with E-state index in [1.165, 1.54) is 5.56 Å². The van der Waals surface area contributed by atoms with Crippen molar-refractivity contribution in [3.63, 3.8) is 0 Å². The average molecular weight is 237 g/mol. The Morgan fingerprint density at radius 2 is 2.53 bits per heavy atom. The molecule has 5 nitrogen and oxygen atoms in total. The Labute approximate surface area is 101 Å². The van der Waals surface area contributed by atoms with Gasteiger partial charge in [-0.15, -0.1) is 0 Å². The molecule has 1 aromatic rings. The Morgan fingerprint density at radius 1 is 1.71 bits per heavy atom. The molecule has 0 aromatic carbocycles. The van der Waals surface area contributed by atoms with Crippen molar-refractivity contribution >= 4 is 6.09 Å². The number of hydrogen-bond acceptors (Lipinski definition) is 3. The van der Waals surface area contributed by atoms with Crippen LogP contribution in [-0.2, 0) is 17.6 Å². The number of rotatable bonds is 3. The molecule has 0 bridgehead atoms. The van der Waals surface area contributed by atoms with E-state index in [9.17, 15) is 4.79 Å². The number of amides is 1. The molecule has 2 N–H and O–H groups in total. The molecule has 0 radical (unpaired) electrons. The summed E-state index contributed by atoms with van der Waals surface area (Å²) in [6.07, 6.45) is 4.27. The maximum atomic E-state index is 11.5. The van der Waals surface area contributed by atoms with E-state index in [1.807, 2.05) is 20.0 Å². The van der Waals surface area contributed by atoms with Crippen LogP contribution in [0.2, 0.25) is 0 Å².